The Labute approximate surface area is 173 Å². The highest BCUT2D eigenvalue weighted by Crippen LogP contribution is 2.23. The summed E-state index contributed by atoms with van der Waals surface area (Å²) >= 11 is 1.23. The number of nitrogens with zero attached hydrogens (tertiary/aromatic N) is 4. The number of carbonyl (C=O) groups excluding carboxylic acids is 1. The molecule has 0 spiro atoms. The fourth-order valence-corrected chi connectivity index (χ4v) is 3.74. The van der Waals surface area contributed by atoms with Crippen molar-refractivity contribution >= 4 is 44.9 Å². The molecule has 0 saturated carbocycles. The summed E-state index contributed by atoms with van der Waals surface area (Å²) in [5.41, 5.74) is 0.937. The van der Waals surface area contributed by atoms with E-state index in [0.29, 0.717) is 29.0 Å². The summed E-state index contributed by atoms with van der Waals surface area (Å²) in [6.45, 7) is 0.692. The number of nitro groups is 2. The number of methoxy groups -OCH3 is 1. The Morgan fingerprint density at radius 1 is 1.17 bits per heavy atom. The fourth-order valence-electron chi connectivity index (χ4n) is 2.70. The van der Waals surface area contributed by atoms with Gasteiger partial charge in [-0.2, -0.15) is 4.99 Å². The standard InChI is InChI=1S/C19H16N4O6S/c1-29-10-9-21-16-12-15(23(27)28)6-7-17(16)30-19(21)20-18(24)8-5-13-3-2-4-14(11-13)22(25)26/h2-8,11-12H,9-10H2,1H3/b8-5+,20-19?. The summed E-state index contributed by atoms with van der Waals surface area (Å²) in [7, 11) is 1.53. The van der Waals surface area contributed by atoms with Gasteiger partial charge in [-0.15, -0.1) is 0 Å². The topological polar surface area (TPSA) is 130 Å². The van der Waals surface area contributed by atoms with Crippen molar-refractivity contribution in [3.63, 3.8) is 0 Å². The molecule has 11 heteroatoms. The van der Waals surface area contributed by atoms with Crippen molar-refractivity contribution in [2.24, 2.45) is 4.99 Å². The number of hydrogen-bond acceptors (Lipinski definition) is 7. The van der Waals surface area contributed by atoms with Crippen molar-refractivity contribution in [1.29, 1.82) is 0 Å². The lowest BCUT2D eigenvalue weighted by atomic mass is 10.2. The van der Waals surface area contributed by atoms with E-state index in [1.807, 2.05) is 0 Å². The van der Waals surface area contributed by atoms with Crippen LogP contribution in [0.4, 0.5) is 11.4 Å². The van der Waals surface area contributed by atoms with Gasteiger partial charge in [0.1, 0.15) is 0 Å². The number of non-ortho nitro benzene ring substituents is 2. The van der Waals surface area contributed by atoms with E-state index in [0.717, 1.165) is 4.70 Å². The van der Waals surface area contributed by atoms with Gasteiger partial charge >= 0.3 is 0 Å². The maximum atomic E-state index is 12.3. The van der Waals surface area contributed by atoms with Crippen LogP contribution in [0.5, 0.6) is 0 Å². The molecule has 0 bridgehead atoms. The summed E-state index contributed by atoms with van der Waals surface area (Å²) in [6, 6.07) is 10.3. The molecular weight excluding hydrogens is 412 g/mol. The first-order chi connectivity index (χ1) is 14.4. The largest absolute Gasteiger partial charge is 0.383 e. The van der Waals surface area contributed by atoms with Crippen LogP contribution in [0.25, 0.3) is 16.3 Å². The van der Waals surface area contributed by atoms with Crippen molar-refractivity contribution in [2.45, 2.75) is 6.54 Å². The van der Waals surface area contributed by atoms with E-state index in [9.17, 15) is 25.0 Å². The van der Waals surface area contributed by atoms with Gasteiger partial charge in [-0.1, -0.05) is 23.5 Å². The second-order valence-electron chi connectivity index (χ2n) is 6.07. The number of fused-ring (bicyclic) bond motifs is 1. The minimum absolute atomic E-state index is 0.0603. The first-order valence-electron chi connectivity index (χ1n) is 8.67. The van der Waals surface area contributed by atoms with Crippen LogP contribution in [0.2, 0.25) is 0 Å². The summed E-state index contributed by atoms with van der Waals surface area (Å²) < 4.78 is 7.52. The minimum Gasteiger partial charge on any atom is -0.383 e. The summed E-state index contributed by atoms with van der Waals surface area (Å²) in [5.74, 6) is -0.561. The Hall–Kier alpha value is -3.70. The van der Waals surface area contributed by atoms with Crippen molar-refractivity contribution in [3.8, 4) is 0 Å². The van der Waals surface area contributed by atoms with E-state index < -0.39 is 15.8 Å². The molecule has 1 aromatic heterocycles. The molecule has 0 radical (unpaired) electrons. The Bertz CT molecular complexity index is 1230. The van der Waals surface area contributed by atoms with Crippen molar-refractivity contribution in [2.75, 3.05) is 13.7 Å². The number of benzene rings is 2. The average molecular weight is 428 g/mol. The molecule has 2 aromatic carbocycles. The first kappa shape index (κ1) is 21.0. The van der Waals surface area contributed by atoms with Gasteiger partial charge in [0, 0.05) is 44.0 Å². The molecule has 0 unspecified atom stereocenters. The molecule has 30 heavy (non-hydrogen) atoms. The van der Waals surface area contributed by atoms with Crippen LogP contribution in [0.15, 0.2) is 53.5 Å². The maximum Gasteiger partial charge on any atom is 0.272 e. The molecule has 0 saturated heterocycles. The fraction of sp³-hybridized carbons (Fsp3) is 0.158. The summed E-state index contributed by atoms with van der Waals surface area (Å²) in [6.07, 6.45) is 2.66. The van der Waals surface area contributed by atoms with E-state index in [1.165, 1.54) is 60.9 Å². The van der Waals surface area contributed by atoms with Crippen molar-refractivity contribution in [3.05, 3.63) is 79.1 Å². The zero-order valence-electron chi connectivity index (χ0n) is 15.8. The number of ether oxygens (including phenoxy) is 1. The third-order valence-corrected chi connectivity index (χ3v) is 5.16. The Balaban J connectivity index is 1.97. The van der Waals surface area contributed by atoms with Gasteiger partial charge in [0.2, 0.25) is 0 Å². The van der Waals surface area contributed by atoms with Crippen LogP contribution in [0.3, 0.4) is 0 Å². The highest BCUT2D eigenvalue weighted by atomic mass is 32.1. The van der Waals surface area contributed by atoms with Crippen LogP contribution < -0.4 is 4.80 Å². The van der Waals surface area contributed by atoms with Crippen LogP contribution in [-0.2, 0) is 16.1 Å². The molecule has 3 aromatic rings. The molecule has 0 N–H and O–H groups in total. The van der Waals surface area contributed by atoms with Gasteiger partial charge in [0.15, 0.2) is 4.80 Å². The summed E-state index contributed by atoms with van der Waals surface area (Å²) in [4.78, 5) is 37.7. The highest BCUT2D eigenvalue weighted by Gasteiger charge is 2.12. The second-order valence-corrected chi connectivity index (χ2v) is 7.08. The highest BCUT2D eigenvalue weighted by molar-refractivity contribution is 7.16. The van der Waals surface area contributed by atoms with Gasteiger partial charge < -0.3 is 9.30 Å². The molecule has 0 atom stereocenters. The maximum absolute atomic E-state index is 12.3. The average Bonchev–Trinajstić information content (AvgIpc) is 3.06. The third-order valence-electron chi connectivity index (χ3n) is 4.10. The zero-order chi connectivity index (χ0) is 21.7. The SMILES string of the molecule is COCCn1c(=NC(=O)/C=C/c2cccc([N+](=O)[O-])c2)sc2ccc([N+](=O)[O-])cc21. The van der Waals surface area contributed by atoms with E-state index in [1.54, 1.807) is 16.7 Å². The molecule has 154 valence electrons. The van der Waals surface area contributed by atoms with E-state index in [-0.39, 0.29) is 11.4 Å². The lowest BCUT2D eigenvalue weighted by Gasteiger charge is -2.03. The first-order valence-corrected chi connectivity index (χ1v) is 9.48. The lowest BCUT2D eigenvalue weighted by molar-refractivity contribution is -0.385. The third kappa shape index (κ3) is 4.82. The molecular formula is C19H16N4O6S. The van der Waals surface area contributed by atoms with E-state index in [2.05, 4.69) is 4.99 Å². The smallest absolute Gasteiger partial charge is 0.272 e. The Morgan fingerprint density at radius 3 is 2.60 bits per heavy atom. The van der Waals surface area contributed by atoms with Crippen LogP contribution >= 0.6 is 11.3 Å². The number of hydrogen-bond donors (Lipinski definition) is 0. The number of amides is 1. The molecule has 10 nitrogen and oxygen atoms in total. The molecule has 0 aliphatic rings. The van der Waals surface area contributed by atoms with Gasteiger partial charge in [0.25, 0.3) is 17.3 Å². The van der Waals surface area contributed by atoms with Gasteiger partial charge in [-0.25, -0.2) is 0 Å². The van der Waals surface area contributed by atoms with Crippen LogP contribution in [0, 0.1) is 20.2 Å². The number of nitro benzene ring substituents is 2. The molecule has 0 aliphatic carbocycles. The molecule has 0 fully saturated rings. The molecule has 1 heterocycles. The number of aromatic nitrogens is 1. The van der Waals surface area contributed by atoms with Crippen molar-refractivity contribution < 1.29 is 19.4 Å². The molecule has 0 aliphatic heterocycles. The van der Waals surface area contributed by atoms with Crippen molar-refractivity contribution in [1.82, 2.24) is 4.57 Å². The second kappa shape index (κ2) is 9.20. The lowest BCUT2D eigenvalue weighted by Crippen LogP contribution is -2.19. The molecule has 1 amide bonds. The monoisotopic (exact) mass is 428 g/mol. The summed E-state index contributed by atoms with van der Waals surface area (Å²) in [5, 5.41) is 21.9. The van der Waals surface area contributed by atoms with Gasteiger partial charge in [-0.05, 0) is 17.7 Å². The Morgan fingerprint density at radius 2 is 1.90 bits per heavy atom. The Kier molecular flexibility index (Phi) is 6.45. The van der Waals surface area contributed by atoms with E-state index in [4.69, 9.17) is 4.74 Å². The van der Waals surface area contributed by atoms with E-state index >= 15 is 0 Å². The van der Waals surface area contributed by atoms with Gasteiger partial charge in [-0.3, -0.25) is 25.0 Å². The normalized spacial score (nSPS) is 12.0. The zero-order valence-corrected chi connectivity index (χ0v) is 16.6. The van der Waals surface area contributed by atoms with Crippen LogP contribution in [-0.4, -0.2) is 34.0 Å². The predicted molar refractivity (Wildman–Crippen MR) is 111 cm³/mol. The number of rotatable bonds is 7. The number of thiazole rings is 1. The molecule has 3 rings (SSSR count). The minimum atomic E-state index is -0.561. The predicted octanol–water partition coefficient (Wildman–Crippen LogP) is 3.31. The van der Waals surface area contributed by atoms with Gasteiger partial charge in [0.05, 0.1) is 26.7 Å². The van der Waals surface area contributed by atoms with Crippen LogP contribution in [0.1, 0.15) is 5.56 Å². The number of carbonyl (C=O) groups is 1. The quantitative estimate of drug-likeness (QED) is 0.322.